The molecule has 104 valence electrons. The van der Waals surface area contributed by atoms with Gasteiger partial charge in [0.15, 0.2) is 17.4 Å². The van der Waals surface area contributed by atoms with E-state index in [1.54, 1.807) is 6.92 Å². The molecule has 2 rings (SSSR count). The Hall–Kier alpha value is -1.68. The second-order valence-corrected chi connectivity index (χ2v) is 5.98. The zero-order chi connectivity index (χ0) is 14.7. The summed E-state index contributed by atoms with van der Waals surface area (Å²) in [7, 11) is 0. The lowest BCUT2D eigenvalue weighted by molar-refractivity contribution is 0.0993. The topological polar surface area (TPSA) is 17.1 Å². The second-order valence-electron chi connectivity index (χ2n) is 4.57. The van der Waals surface area contributed by atoms with Gasteiger partial charge in [-0.15, -0.1) is 11.8 Å². The Kier molecular flexibility index (Phi) is 4.55. The van der Waals surface area contributed by atoms with Crippen molar-refractivity contribution in [2.24, 2.45) is 0 Å². The molecule has 0 radical (unpaired) electrons. The molecular formula is C16H14F2OS. The van der Waals surface area contributed by atoms with Gasteiger partial charge in [0.2, 0.25) is 0 Å². The minimum absolute atomic E-state index is 0.191. The summed E-state index contributed by atoms with van der Waals surface area (Å²) in [4.78, 5) is 13.2. The average molecular weight is 292 g/mol. The molecule has 0 aliphatic rings. The molecule has 0 heterocycles. The van der Waals surface area contributed by atoms with E-state index in [1.807, 2.05) is 31.2 Å². The molecule has 0 spiro atoms. The maximum atomic E-state index is 13.1. The first-order valence-electron chi connectivity index (χ1n) is 6.20. The number of ketones is 1. The van der Waals surface area contributed by atoms with Crippen LogP contribution in [0.1, 0.15) is 22.8 Å². The van der Waals surface area contributed by atoms with Crippen molar-refractivity contribution in [1.29, 1.82) is 0 Å². The van der Waals surface area contributed by atoms with E-state index in [9.17, 15) is 13.6 Å². The van der Waals surface area contributed by atoms with Crippen LogP contribution in [0, 0.1) is 18.6 Å². The molecular weight excluding hydrogens is 278 g/mol. The van der Waals surface area contributed by atoms with Crippen LogP contribution in [0.4, 0.5) is 8.78 Å². The summed E-state index contributed by atoms with van der Waals surface area (Å²) in [6.45, 7) is 3.74. The molecule has 20 heavy (non-hydrogen) atoms. The molecule has 0 saturated heterocycles. The van der Waals surface area contributed by atoms with Gasteiger partial charge in [-0.25, -0.2) is 8.78 Å². The maximum Gasteiger partial charge on any atom is 0.175 e. The number of carbonyl (C=O) groups excluding carboxylic acids is 1. The molecule has 1 nitrogen and oxygen atoms in total. The van der Waals surface area contributed by atoms with Gasteiger partial charge in [-0.2, -0.15) is 0 Å². The highest BCUT2D eigenvalue weighted by atomic mass is 32.2. The molecule has 2 aromatic rings. The number of Topliss-reactive ketones (excluding diaryl/α,β-unsaturated/α-hetero) is 1. The van der Waals surface area contributed by atoms with Gasteiger partial charge in [-0.05, 0) is 44.2 Å². The van der Waals surface area contributed by atoms with Crippen LogP contribution >= 0.6 is 11.8 Å². The maximum absolute atomic E-state index is 13.1. The summed E-state index contributed by atoms with van der Waals surface area (Å²) < 4.78 is 26.0. The fraction of sp³-hybridized carbons (Fsp3) is 0.188. The highest BCUT2D eigenvalue weighted by Crippen LogP contribution is 2.26. The first-order chi connectivity index (χ1) is 9.47. The summed E-state index contributed by atoms with van der Waals surface area (Å²) in [5.41, 5.74) is 1.30. The third kappa shape index (κ3) is 3.45. The third-order valence-electron chi connectivity index (χ3n) is 2.88. The number of aryl methyl sites for hydroxylation is 1. The van der Waals surface area contributed by atoms with E-state index in [4.69, 9.17) is 0 Å². The number of benzene rings is 2. The Morgan fingerprint density at radius 2 is 1.85 bits per heavy atom. The quantitative estimate of drug-likeness (QED) is 0.603. The Morgan fingerprint density at radius 3 is 2.50 bits per heavy atom. The number of carbonyl (C=O) groups is 1. The predicted octanol–water partition coefficient (Wildman–Crippen LogP) is 4.64. The standard InChI is InChI=1S/C16H14F2OS/c1-10-4-3-5-13(8-10)20-11(2)16(19)12-6-7-14(17)15(18)9-12/h3-9,11H,1-2H3. The minimum atomic E-state index is -0.997. The van der Waals surface area contributed by atoms with Gasteiger partial charge >= 0.3 is 0 Å². The van der Waals surface area contributed by atoms with Crippen LogP contribution in [0.3, 0.4) is 0 Å². The van der Waals surface area contributed by atoms with Crippen LogP contribution in [0.15, 0.2) is 47.4 Å². The van der Waals surface area contributed by atoms with E-state index >= 15 is 0 Å². The van der Waals surface area contributed by atoms with E-state index in [0.717, 1.165) is 22.6 Å². The van der Waals surface area contributed by atoms with Crippen LogP contribution in [-0.4, -0.2) is 11.0 Å². The van der Waals surface area contributed by atoms with Gasteiger partial charge in [0.1, 0.15) is 0 Å². The molecule has 0 bridgehead atoms. The van der Waals surface area contributed by atoms with Crippen molar-refractivity contribution in [3.63, 3.8) is 0 Å². The molecule has 0 N–H and O–H groups in total. The molecule has 0 aromatic heterocycles. The molecule has 0 aliphatic carbocycles. The number of hydrogen-bond acceptors (Lipinski definition) is 2. The zero-order valence-electron chi connectivity index (χ0n) is 11.2. The molecule has 4 heteroatoms. The molecule has 1 unspecified atom stereocenters. The summed E-state index contributed by atoms with van der Waals surface area (Å²) in [5, 5.41) is -0.360. The molecule has 0 amide bonds. The van der Waals surface area contributed by atoms with Gasteiger partial charge in [0.05, 0.1) is 5.25 Å². The van der Waals surface area contributed by atoms with Crippen LogP contribution in [-0.2, 0) is 0 Å². The highest BCUT2D eigenvalue weighted by molar-refractivity contribution is 8.00. The summed E-state index contributed by atoms with van der Waals surface area (Å²) in [6, 6.07) is 11.1. The molecule has 0 saturated carbocycles. The second kappa shape index (κ2) is 6.18. The Bertz CT molecular complexity index is 640. The minimum Gasteiger partial charge on any atom is -0.293 e. The first kappa shape index (κ1) is 14.7. The lowest BCUT2D eigenvalue weighted by Crippen LogP contribution is -2.13. The highest BCUT2D eigenvalue weighted by Gasteiger charge is 2.18. The van der Waals surface area contributed by atoms with Crippen LogP contribution in [0.2, 0.25) is 0 Å². The summed E-state index contributed by atoms with van der Waals surface area (Å²) in [5.74, 6) is -2.15. The lowest BCUT2D eigenvalue weighted by Gasteiger charge is -2.11. The van der Waals surface area contributed by atoms with Crippen molar-refractivity contribution in [1.82, 2.24) is 0 Å². The molecule has 2 aromatic carbocycles. The number of halogens is 2. The lowest BCUT2D eigenvalue weighted by atomic mass is 10.1. The summed E-state index contributed by atoms with van der Waals surface area (Å²) in [6.07, 6.45) is 0. The number of hydrogen-bond donors (Lipinski definition) is 0. The van der Waals surface area contributed by atoms with Crippen molar-refractivity contribution in [2.75, 3.05) is 0 Å². The molecule has 0 fully saturated rings. The Labute approximate surface area is 121 Å². The largest absolute Gasteiger partial charge is 0.293 e. The average Bonchev–Trinajstić information content (AvgIpc) is 2.41. The Morgan fingerprint density at radius 1 is 1.10 bits per heavy atom. The fourth-order valence-electron chi connectivity index (χ4n) is 1.83. The fourth-order valence-corrected chi connectivity index (χ4v) is 2.89. The molecule has 1 atom stereocenters. The van der Waals surface area contributed by atoms with Gasteiger partial charge < -0.3 is 0 Å². The SMILES string of the molecule is Cc1cccc(SC(C)C(=O)c2ccc(F)c(F)c2)c1. The van der Waals surface area contributed by atoms with Crippen LogP contribution < -0.4 is 0 Å². The van der Waals surface area contributed by atoms with Gasteiger partial charge in [0.25, 0.3) is 0 Å². The van der Waals surface area contributed by atoms with E-state index in [0.29, 0.717) is 0 Å². The molecule has 0 aliphatic heterocycles. The van der Waals surface area contributed by atoms with E-state index in [1.165, 1.54) is 17.8 Å². The first-order valence-corrected chi connectivity index (χ1v) is 7.08. The van der Waals surface area contributed by atoms with E-state index in [-0.39, 0.29) is 16.6 Å². The van der Waals surface area contributed by atoms with Gasteiger partial charge in [-0.3, -0.25) is 4.79 Å². The van der Waals surface area contributed by atoms with Crippen LogP contribution in [0.5, 0.6) is 0 Å². The van der Waals surface area contributed by atoms with Crippen LogP contribution in [0.25, 0.3) is 0 Å². The van der Waals surface area contributed by atoms with Crippen molar-refractivity contribution >= 4 is 17.5 Å². The van der Waals surface area contributed by atoms with Gasteiger partial charge in [-0.1, -0.05) is 17.7 Å². The number of rotatable bonds is 4. The smallest absolute Gasteiger partial charge is 0.175 e. The van der Waals surface area contributed by atoms with Crippen molar-refractivity contribution < 1.29 is 13.6 Å². The van der Waals surface area contributed by atoms with Crippen molar-refractivity contribution in [2.45, 2.75) is 24.0 Å². The normalized spacial score (nSPS) is 12.2. The monoisotopic (exact) mass is 292 g/mol. The third-order valence-corrected chi connectivity index (χ3v) is 3.97. The zero-order valence-corrected chi connectivity index (χ0v) is 12.0. The predicted molar refractivity (Wildman–Crippen MR) is 77.2 cm³/mol. The van der Waals surface area contributed by atoms with Gasteiger partial charge in [0, 0.05) is 10.5 Å². The van der Waals surface area contributed by atoms with E-state index in [2.05, 4.69) is 0 Å². The van der Waals surface area contributed by atoms with E-state index < -0.39 is 11.6 Å². The summed E-state index contributed by atoms with van der Waals surface area (Å²) >= 11 is 1.40. The van der Waals surface area contributed by atoms with Crippen molar-refractivity contribution in [3.8, 4) is 0 Å². The van der Waals surface area contributed by atoms with Crippen molar-refractivity contribution in [3.05, 3.63) is 65.2 Å². The Balaban J connectivity index is 2.14. The number of thioether (sulfide) groups is 1.